The van der Waals surface area contributed by atoms with Gasteiger partial charge in [0.2, 0.25) is 0 Å². The van der Waals surface area contributed by atoms with Crippen LogP contribution in [0.4, 0.5) is 0 Å². The van der Waals surface area contributed by atoms with Crippen LogP contribution in [-0.2, 0) is 36.3 Å². The first kappa shape index (κ1) is 36.4. The van der Waals surface area contributed by atoms with Crippen molar-refractivity contribution >= 4 is 17.9 Å². The van der Waals surface area contributed by atoms with Crippen LogP contribution in [0.25, 0.3) is 0 Å². The predicted octanol–water partition coefficient (Wildman–Crippen LogP) is 6.36. The van der Waals surface area contributed by atoms with E-state index in [0.29, 0.717) is 0 Å². The van der Waals surface area contributed by atoms with Crippen LogP contribution in [0.3, 0.4) is 0 Å². The van der Waals surface area contributed by atoms with Gasteiger partial charge in [-0.3, -0.25) is 0 Å². The van der Waals surface area contributed by atoms with Crippen LogP contribution in [0, 0.1) is 0 Å². The zero-order chi connectivity index (χ0) is 29.0. The van der Waals surface area contributed by atoms with Gasteiger partial charge in [-0.1, -0.05) is 58.2 Å². The zero-order valence-electron chi connectivity index (χ0n) is 23.3. The first-order valence-corrected chi connectivity index (χ1v) is 13.3. The van der Waals surface area contributed by atoms with Crippen molar-refractivity contribution in [2.24, 2.45) is 0 Å². The summed E-state index contributed by atoms with van der Waals surface area (Å²) in [7, 11) is 0. The predicted molar refractivity (Wildman–Crippen MR) is 149 cm³/mol. The number of aryl methyl sites for hydroxylation is 3. The van der Waals surface area contributed by atoms with Gasteiger partial charge >= 0.3 is 17.9 Å². The SMILES string of the molecule is CCCCc1ccc(C(=O)O)nc1.CCCCc1ccc(C(=O)O)nc1.CCCCc1ccc(C(=O)O)nc1.[Fe]. The minimum Gasteiger partial charge on any atom is -0.477 e. The summed E-state index contributed by atoms with van der Waals surface area (Å²) in [5.41, 5.74) is 3.64. The van der Waals surface area contributed by atoms with Crippen molar-refractivity contribution in [2.75, 3.05) is 0 Å². The van der Waals surface area contributed by atoms with Gasteiger partial charge in [-0.15, -0.1) is 0 Å². The molecule has 3 rings (SSSR count). The summed E-state index contributed by atoms with van der Waals surface area (Å²) in [6.45, 7) is 6.37. The van der Waals surface area contributed by atoms with E-state index < -0.39 is 17.9 Å². The first-order valence-electron chi connectivity index (χ1n) is 13.3. The normalized spacial score (nSPS) is 9.68. The fourth-order valence-corrected chi connectivity index (χ4v) is 3.24. The Morgan fingerprint density at radius 3 is 0.925 bits per heavy atom. The van der Waals surface area contributed by atoms with Crippen molar-refractivity contribution in [1.29, 1.82) is 0 Å². The average molecular weight is 594 g/mol. The Labute approximate surface area is 246 Å². The van der Waals surface area contributed by atoms with E-state index in [0.717, 1.165) is 74.5 Å². The Morgan fingerprint density at radius 1 is 0.525 bits per heavy atom. The number of aromatic carboxylic acids is 3. The smallest absolute Gasteiger partial charge is 0.354 e. The molecule has 218 valence electrons. The third-order valence-corrected chi connectivity index (χ3v) is 5.59. The van der Waals surface area contributed by atoms with Crippen LogP contribution < -0.4 is 0 Å². The zero-order valence-corrected chi connectivity index (χ0v) is 24.4. The third kappa shape index (κ3) is 15.1. The summed E-state index contributed by atoms with van der Waals surface area (Å²) < 4.78 is 0. The molecule has 0 aliphatic rings. The minimum atomic E-state index is -0.970. The number of rotatable bonds is 12. The Balaban J connectivity index is 0.000000563. The van der Waals surface area contributed by atoms with E-state index in [2.05, 4.69) is 35.7 Å². The maximum absolute atomic E-state index is 10.5. The van der Waals surface area contributed by atoms with E-state index in [1.54, 1.807) is 36.8 Å². The van der Waals surface area contributed by atoms with Gasteiger partial charge in [0.15, 0.2) is 0 Å². The molecule has 0 spiro atoms. The molecule has 10 heteroatoms. The Hall–Kier alpha value is -3.62. The molecule has 9 nitrogen and oxygen atoms in total. The van der Waals surface area contributed by atoms with Crippen molar-refractivity contribution < 1.29 is 46.8 Å². The second kappa shape index (κ2) is 21.2. The molecule has 3 aromatic heterocycles. The molecule has 0 radical (unpaired) electrons. The van der Waals surface area contributed by atoms with E-state index in [9.17, 15) is 14.4 Å². The molecule has 40 heavy (non-hydrogen) atoms. The Bertz CT molecular complexity index is 991. The molecule has 0 saturated carbocycles. The number of hydrogen-bond acceptors (Lipinski definition) is 6. The van der Waals surface area contributed by atoms with Crippen LogP contribution in [0.15, 0.2) is 55.0 Å². The molecule has 0 saturated heterocycles. The molecule has 0 fully saturated rings. The molecule has 3 aromatic rings. The van der Waals surface area contributed by atoms with Gasteiger partial charge in [-0.05, 0) is 73.4 Å². The van der Waals surface area contributed by atoms with Gasteiger partial charge < -0.3 is 15.3 Å². The maximum atomic E-state index is 10.5. The summed E-state index contributed by atoms with van der Waals surface area (Å²) in [5.74, 6) is -2.91. The fraction of sp³-hybridized carbons (Fsp3) is 0.400. The van der Waals surface area contributed by atoms with E-state index in [4.69, 9.17) is 15.3 Å². The molecule has 0 atom stereocenters. The average Bonchev–Trinajstić information content (AvgIpc) is 2.95. The van der Waals surface area contributed by atoms with Crippen molar-refractivity contribution in [3.8, 4) is 0 Å². The monoisotopic (exact) mass is 593 g/mol. The van der Waals surface area contributed by atoms with Crippen LogP contribution in [-0.4, -0.2) is 48.2 Å². The Morgan fingerprint density at radius 2 is 0.775 bits per heavy atom. The quantitative estimate of drug-likeness (QED) is 0.204. The number of carboxylic acids is 3. The van der Waals surface area contributed by atoms with Crippen molar-refractivity contribution in [3.05, 3.63) is 88.8 Å². The van der Waals surface area contributed by atoms with E-state index in [-0.39, 0.29) is 34.2 Å². The number of carboxylic acid groups (broad SMARTS) is 3. The van der Waals surface area contributed by atoms with Gasteiger partial charge in [-0.25, -0.2) is 29.3 Å². The molecule has 3 N–H and O–H groups in total. The van der Waals surface area contributed by atoms with E-state index in [1.165, 1.54) is 0 Å². The van der Waals surface area contributed by atoms with Crippen molar-refractivity contribution in [2.45, 2.75) is 78.6 Å². The molecule has 0 unspecified atom stereocenters. The summed E-state index contributed by atoms with van der Waals surface area (Å²) in [5, 5.41) is 25.8. The largest absolute Gasteiger partial charge is 0.477 e. The number of pyridine rings is 3. The van der Waals surface area contributed by atoms with E-state index in [1.807, 2.05) is 18.2 Å². The molecular weight excluding hydrogens is 554 g/mol. The molecule has 0 aliphatic carbocycles. The summed E-state index contributed by atoms with van der Waals surface area (Å²) in [4.78, 5) is 42.9. The number of aromatic nitrogens is 3. The maximum Gasteiger partial charge on any atom is 0.354 e. The van der Waals surface area contributed by atoms with Crippen molar-refractivity contribution in [1.82, 2.24) is 15.0 Å². The topological polar surface area (TPSA) is 151 Å². The second-order valence-corrected chi connectivity index (χ2v) is 8.88. The van der Waals surface area contributed by atoms with Gasteiger partial charge in [0.05, 0.1) is 0 Å². The van der Waals surface area contributed by atoms with Crippen LogP contribution in [0.2, 0.25) is 0 Å². The number of nitrogens with zero attached hydrogens (tertiary/aromatic N) is 3. The number of carbonyl (C=O) groups is 3. The molecule has 0 bridgehead atoms. The van der Waals surface area contributed by atoms with Gasteiger partial charge in [0.1, 0.15) is 17.1 Å². The van der Waals surface area contributed by atoms with Crippen LogP contribution >= 0.6 is 0 Å². The summed E-state index contributed by atoms with van der Waals surface area (Å²) >= 11 is 0. The molecule has 0 aromatic carbocycles. The van der Waals surface area contributed by atoms with Gasteiger partial charge in [-0.2, -0.15) is 0 Å². The molecule has 3 heterocycles. The van der Waals surface area contributed by atoms with Crippen LogP contribution in [0.5, 0.6) is 0 Å². The first-order chi connectivity index (χ1) is 18.7. The van der Waals surface area contributed by atoms with Gasteiger partial charge in [0, 0.05) is 35.7 Å². The van der Waals surface area contributed by atoms with Crippen LogP contribution in [0.1, 0.15) is 107 Å². The third-order valence-electron chi connectivity index (χ3n) is 5.59. The summed E-state index contributed by atoms with van der Waals surface area (Å²) in [6.07, 6.45) is 14.6. The molecule has 0 aliphatic heterocycles. The minimum absolute atomic E-state index is 0. The van der Waals surface area contributed by atoms with Gasteiger partial charge in [0.25, 0.3) is 0 Å². The van der Waals surface area contributed by atoms with E-state index >= 15 is 0 Å². The number of unbranched alkanes of at least 4 members (excludes halogenated alkanes) is 3. The molecule has 0 amide bonds. The molecular formula is C30H39FeN3O6. The Kier molecular flexibility index (Phi) is 19.3. The standard InChI is InChI=1S/3C10H13NO2.Fe/c3*1-2-3-4-8-5-6-9(10(12)13)11-7-8;/h3*5-7H,2-4H2,1H3,(H,12,13);. The second-order valence-electron chi connectivity index (χ2n) is 8.88. The fourth-order valence-electron chi connectivity index (χ4n) is 3.24. The number of hydrogen-bond donors (Lipinski definition) is 3. The summed E-state index contributed by atoms with van der Waals surface area (Å²) in [6, 6.07) is 10.1. The van der Waals surface area contributed by atoms with Crippen molar-refractivity contribution in [3.63, 3.8) is 0 Å².